The summed E-state index contributed by atoms with van der Waals surface area (Å²) in [5, 5.41) is 0. The fourth-order valence-electron chi connectivity index (χ4n) is 0.911. The molecule has 10 heavy (non-hydrogen) atoms. The Labute approximate surface area is 60.6 Å². The summed E-state index contributed by atoms with van der Waals surface area (Å²) >= 11 is 0. The van der Waals surface area contributed by atoms with Gasteiger partial charge in [0.05, 0.1) is 0 Å². The molecule has 0 fully saturated rings. The first-order valence-electron chi connectivity index (χ1n) is 3.33. The molecule has 2 N–H and O–H groups in total. The Morgan fingerprint density at radius 3 is 2.60 bits per heavy atom. The van der Waals surface area contributed by atoms with Crippen LogP contribution in [0.2, 0.25) is 0 Å². The Kier molecular flexibility index (Phi) is 2.29. The Bertz CT molecular complexity index is 187. The lowest BCUT2D eigenvalue weighted by Gasteiger charge is -2.02. The van der Waals surface area contributed by atoms with Crippen molar-refractivity contribution in [2.75, 3.05) is 0 Å². The van der Waals surface area contributed by atoms with Gasteiger partial charge in [0.2, 0.25) is 0 Å². The third-order valence-electron chi connectivity index (χ3n) is 1.48. The van der Waals surface area contributed by atoms with E-state index in [0.29, 0.717) is 0 Å². The quantitative estimate of drug-likeness (QED) is 0.627. The van der Waals surface area contributed by atoms with E-state index >= 15 is 0 Å². The van der Waals surface area contributed by atoms with E-state index in [9.17, 15) is 0 Å². The van der Waals surface area contributed by atoms with Crippen molar-refractivity contribution in [2.24, 2.45) is 5.90 Å². The second kappa shape index (κ2) is 3.22. The molecule has 0 unspecified atom stereocenters. The summed E-state index contributed by atoms with van der Waals surface area (Å²) in [5.74, 6) is 5.79. The van der Waals surface area contributed by atoms with Crippen LogP contribution in [-0.4, -0.2) is 0 Å². The Hall–Kier alpha value is -1.02. The smallest absolute Gasteiger partial charge is 0.149 e. The van der Waals surface area contributed by atoms with Crippen LogP contribution in [0.5, 0.6) is 5.75 Å². The van der Waals surface area contributed by atoms with E-state index < -0.39 is 0 Å². The molecule has 0 bridgehead atoms. The molecule has 1 aromatic rings. The number of hydrogen-bond donors (Lipinski definition) is 1. The summed E-state index contributed by atoms with van der Waals surface area (Å²) in [7, 11) is 0. The van der Waals surface area contributed by atoms with Crippen LogP contribution < -0.4 is 10.7 Å². The minimum Gasteiger partial charge on any atom is -0.411 e. The van der Waals surface area contributed by atoms with Crippen LogP contribution in [0.4, 0.5) is 0 Å². The summed E-state index contributed by atoms with van der Waals surface area (Å²) in [5.41, 5.74) is 1.14. The second-order valence-electron chi connectivity index (χ2n) is 2.08. The first kappa shape index (κ1) is 7.09. The van der Waals surface area contributed by atoms with Gasteiger partial charge in [-0.2, -0.15) is 5.90 Å². The zero-order valence-corrected chi connectivity index (χ0v) is 6.00. The zero-order chi connectivity index (χ0) is 7.40. The molecule has 1 aromatic carbocycles. The largest absolute Gasteiger partial charge is 0.411 e. The third kappa shape index (κ3) is 1.28. The number of para-hydroxylation sites is 1. The van der Waals surface area contributed by atoms with Gasteiger partial charge in [0, 0.05) is 0 Å². The maximum Gasteiger partial charge on any atom is 0.149 e. The lowest BCUT2D eigenvalue weighted by atomic mass is 10.1. The van der Waals surface area contributed by atoms with Gasteiger partial charge in [-0.25, -0.2) is 0 Å². The first-order valence-corrected chi connectivity index (χ1v) is 3.33. The molecular formula is C8H11NO. The molecule has 0 saturated carbocycles. The highest BCUT2D eigenvalue weighted by Crippen LogP contribution is 2.15. The molecule has 0 atom stereocenters. The van der Waals surface area contributed by atoms with Crippen LogP contribution in [0.3, 0.4) is 0 Å². The van der Waals surface area contributed by atoms with Crippen molar-refractivity contribution in [3.63, 3.8) is 0 Å². The van der Waals surface area contributed by atoms with Crippen molar-refractivity contribution >= 4 is 0 Å². The zero-order valence-electron chi connectivity index (χ0n) is 6.00. The van der Waals surface area contributed by atoms with Crippen molar-refractivity contribution in [3.8, 4) is 5.75 Å². The average molecular weight is 137 g/mol. The van der Waals surface area contributed by atoms with E-state index in [1.807, 2.05) is 24.3 Å². The van der Waals surface area contributed by atoms with Gasteiger partial charge in [-0.05, 0) is 18.1 Å². The predicted molar refractivity (Wildman–Crippen MR) is 40.6 cm³/mol. The number of nitrogens with two attached hydrogens (primary N) is 1. The minimum absolute atomic E-state index is 0.769. The van der Waals surface area contributed by atoms with Crippen LogP contribution in [0.1, 0.15) is 12.5 Å². The normalized spacial score (nSPS) is 9.40. The van der Waals surface area contributed by atoms with Crippen molar-refractivity contribution in [1.82, 2.24) is 0 Å². The summed E-state index contributed by atoms with van der Waals surface area (Å²) in [6, 6.07) is 7.74. The van der Waals surface area contributed by atoms with Gasteiger partial charge in [0.1, 0.15) is 5.75 Å². The molecule has 0 aliphatic carbocycles. The van der Waals surface area contributed by atoms with Crippen molar-refractivity contribution in [1.29, 1.82) is 0 Å². The second-order valence-corrected chi connectivity index (χ2v) is 2.08. The van der Waals surface area contributed by atoms with Gasteiger partial charge >= 0.3 is 0 Å². The molecule has 0 saturated heterocycles. The molecule has 2 nitrogen and oxygen atoms in total. The molecule has 0 amide bonds. The van der Waals surface area contributed by atoms with E-state index in [-0.39, 0.29) is 0 Å². The standard InChI is InChI=1S/C8H11NO/c1-2-7-5-3-4-6-8(7)10-9/h3-6H,2,9H2,1H3. The number of rotatable bonds is 2. The molecule has 0 aliphatic rings. The van der Waals surface area contributed by atoms with E-state index in [1.165, 1.54) is 0 Å². The molecular weight excluding hydrogens is 126 g/mol. The molecule has 0 aromatic heterocycles. The first-order chi connectivity index (χ1) is 4.88. The van der Waals surface area contributed by atoms with E-state index in [0.717, 1.165) is 17.7 Å². The maximum absolute atomic E-state index is 5.03. The highest BCUT2D eigenvalue weighted by molar-refractivity contribution is 5.32. The van der Waals surface area contributed by atoms with Crippen LogP contribution in [0.15, 0.2) is 24.3 Å². The topological polar surface area (TPSA) is 35.2 Å². The van der Waals surface area contributed by atoms with Crippen LogP contribution >= 0.6 is 0 Å². The number of benzene rings is 1. The van der Waals surface area contributed by atoms with E-state index in [1.54, 1.807) is 0 Å². The molecule has 0 aliphatic heterocycles. The minimum atomic E-state index is 0.769. The molecule has 1 rings (SSSR count). The summed E-state index contributed by atoms with van der Waals surface area (Å²) < 4.78 is 0. The lowest BCUT2D eigenvalue weighted by molar-refractivity contribution is 0.331. The van der Waals surface area contributed by atoms with Crippen molar-refractivity contribution in [2.45, 2.75) is 13.3 Å². The van der Waals surface area contributed by atoms with Gasteiger partial charge in [0.15, 0.2) is 0 Å². The average Bonchev–Trinajstić information content (AvgIpc) is 2.04. The fourth-order valence-corrected chi connectivity index (χ4v) is 0.911. The molecule has 0 spiro atoms. The van der Waals surface area contributed by atoms with Crippen molar-refractivity contribution < 1.29 is 4.84 Å². The van der Waals surface area contributed by atoms with E-state index in [4.69, 9.17) is 5.90 Å². The molecule has 0 heterocycles. The van der Waals surface area contributed by atoms with Gasteiger partial charge < -0.3 is 4.84 Å². The van der Waals surface area contributed by atoms with Crippen molar-refractivity contribution in [3.05, 3.63) is 29.8 Å². The molecule has 2 heteroatoms. The summed E-state index contributed by atoms with van der Waals surface area (Å²) in [6.07, 6.45) is 0.952. The Balaban J connectivity index is 2.96. The Morgan fingerprint density at radius 2 is 2.10 bits per heavy atom. The third-order valence-corrected chi connectivity index (χ3v) is 1.48. The monoisotopic (exact) mass is 137 g/mol. The highest BCUT2D eigenvalue weighted by atomic mass is 16.6. The molecule has 0 radical (unpaired) electrons. The van der Waals surface area contributed by atoms with E-state index in [2.05, 4.69) is 11.8 Å². The lowest BCUT2D eigenvalue weighted by Crippen LogP contribution is -2.03. The van der Waals surface area contributed by atoms with Gasteiger partial charge in [-0.1, -0.05) is 25.1 Å². The van der Waals surface area contributed by atoms with Gasteiger partial charge in [-0.15, -0.1) is 0 Å². The van der Waals surface area contributed by atoms with Crippen LogP contribution in [0.25, 0.3) is 0 Å². The number of hydrogen-bond acceptors (Lipinski definition) is 2. The van der Waals surface area contributed by atoms with Crippen LogP contribution in [0, 0.1) is 0 Å². The highest BCUT2D eigenvalue weighted by Gasteiger charge is 1.96. The summed E-state index contributed by atoms with van der Waals surface area (Å²) in [6.45, 7) is 2.07. The SMILES string of the molecule is CCc1ccccc1ON. The maximum atomic E-state index is 5.03. The fraction of sp³-hybridized carbons (Fsp3) is 0.250. The van der Waals surface area contributed by atoms with Gasteiger partial charge in [-0.3, -0.25) is 0 Å². The van der Waals surface area contributed by atoms with Crippen LogP contribution in [-0.2, 0) is 6.42 Å². The molecule has 54 valence electrons. The predicted octanol–water partition coefficient (Wildman–Crippen LogP) is 1.50. The Morgan fingerprint density at radius 1 is 1.40 bits per heavy atom. The van der Waals surface area contributed by atoms with Gasteiger partial charge in [0.25, 0.3) is 0 Å². The number of aryl methyl sites for hydroxylation is 1. The summed E-state index contributed by atoms with van der Waals surface area (Å²) in [4.78, 5) is 4.64.